The summed E-state index contributed by atoms with van der Waals surface area (Å²) in [6.45, 7) is 4.63. The number of fused-ring (bicyclic) bond motifs is 9. The number of hydrogen-bond acceptors (Lipinski definition) is 3. The van der Waals surface area contributed by atoms with Crippen molar-refractivity contribution in [1.82, 2.24) is 24.1 Å². The number of nitrogens with zero attached hydrogens (tertiary/aromatic N) is 5. The highest BCUT2D eigenvalue weighted by Crippen LogP contribution is 2.51. The second-order valence-corrected chi connectivity index (χ2v) is 16.0. The van der Waals surface area contributed by atoms with Crippen molar-refractivity contribution in [3.8, 4) is 56.7 Å². The summed E-state index contributed by atoms with van der Waals surface area (Å²) < 4.78 is 4.68. The lowest BCUT2D eigenvalue weighted by Gasteiger charge is -2.21. The highest BCUT2D eigenvalue weighted by atomic mass is 15.0. The van der Waals surface area contributed by atoms with Crippen molar-refractivity contribution in [3.05, 3.63) is 199 Å². The molecule has 0 spiro atoms. The number of rotatable bonds is 5. The zero-order valence-corrected chi connectivity index (χ0v) is 32.6. The summed E-state index contributed by atoms with van der Waals surface area (Å²) in [6.07, 6.45) is 0. The van der Waals surface area contributed by atoms with E-state index in [2.05, 4.69) is 211 Å². The number of aromatic nitrogens is 5. The molecule has 0 bridgehead atoms. The van der Waals surface area contributed by atoms with Crippen molar-refractivity contribution in [2.75, 3.05) is 0 Å². The Balaban J connectivity index is 1.11. The van der Waals surface area contributed by atoms with E-state index in [0.717, 1.165) is 60.9 Å². The SMILES string of the molecule is CC1(C)c2ccccc2-c2c(-c3nc(-c4ccc5c(c4)c4ccccc4n5-c4ccccc4)nc(-c4ccc5c(c4)c4ccccc4n5-c4ccccc4)n3)cccc21. The van der Waals surface area contributed by atoms with Crippen LogP contribution in [0.25, 0.3) is 100 Å². The van der Waals surface area contributed by atoms with Gasteiger partial charge in [-0.2, -0.15) is 0 Å². The van der Waals surface area contributed by atoms with E-state index in [0.29, 0.717) is 17.5 Å². The molecule has 0 atom stereocenters. The lowest BCUT2D eigenvalue weighted by molar-refractivity contribution is 0.660. The molecule has 0 saturated carbocycles. The Hall–Kier alpha value is -7.63. The van der Waals surface area contributed by atoms with Gasteiger partial charge in [0.25, 0.3) is 0 Å². The standard InChI is InChI=1S/C54H37N5/c1-54(2)44-24-12-9-22-40(44)50-41(23-15-25-45(50)54)53-56-51(34-28-30-48-42(32-34)38-20-10-13-26-46(38)58(48)36-16-5-3-6-17-36)55-52(57-53)35-29-31-49-43(33-35)39-21-11-14-27-47(39)59(49)37-18-7-4-8-19-37/h3-33H,1-2H3. The molecule has 0 aliphatic heterocycles. The van der Waals surface area contributed by atoms with E-state index in [1.165, 1.54) is 33.0 Å². The van der Waals surface area contributed by atoms with Crippen LogP contribution in [0.15, 0.2) is 188 Å². The minimum Gasteiger partial charge on any atom is -0.309 e. The molecule has 5 nitrogen and oxygen atoms in total. The van der Waals surface area contributed by atoms with Crippen molar-refractivity contribution in [2.45, 2.75) is 19.3 Å². The van der Waals surface area contributed by atoms with Crippen LogP contribution in [0.1, 0.15) is 25.0 Å². The summed E-state index contributed by atoms with van der Waals surface area (Å²) in [5.41, 5.74) is 14.6. The summed E-state index contributed by atoms with van der Waals surface area (Å²) in [5, 5.41) is 4.67. The second-order valence-electron chi connectivity index (χ2n) is 16.0. The Morgan fingerprint density at radius 1 is 0.356 bits per heavy atom. The van der Waals surface area contributed by atoms with Crippen LogP contribution >= 0.6 is 0 Å². The van der Waals surface area contributed by atoms with Gasteiger partial charge in [-0.15, -0.1) is 0 Å². The van der Waals surface area contributed by atoms with Gasteiger partial charge in [0.1, 0.15) is 0 Å². The van der Waals surface area contributed by atoms with Gasteiger partial charge in [-0.1, -0.05) is 129 Å². The quantitative estimate of drug-likeness (QED) is 0.176. The molecule has 5 heteroatoms. The van der Waals surface area contributed by atoms with E-state index >= 15 is 0 Å². The molecular formula is C54H37N5. The average Bonchev–Trinajstić information content (AvgIpc) is 3.89. The van der Waals surface area contributed by atoms with Crippen molar-refractivity contribution < 1.29 is 0 Å². The molecule has 3 heterocycles. The maximum Gasteiger partial charge on any atom is 0.164 e. The topological polar surface area (TPSA) is 48.5 Å². The lowest BCUT2D eigenvalue weighted by atomic mass is 9.82. The molecule has 3 aromatic heterocycles. The van der Waals surface area contributed by atoms with Crippen molar-refractivity contribution in [1.29, 1.82) is 0 Å². The summed E-state index contributed by atoms with van der Waals surface area (Å²) in [6, 6.07) is 67.0. The van der Waals surface area contributed by atoms with E-state index in [-0.39, 0.29) is 5.41 Å². The highest BCUT2D eigenvalue weighted by molar-refractivity contribution is 6.11. The van der Waals surface area contributed by atoms with Crippen LogP contribution in [-0.2, 0) is 5.41 Å². The van der Waals surface area contributed by atoms with E-state index in [1.54, 1.807) is 0 Å². The molecule has 59 heavy (non-hydrogen) atoms. The summed E-state index contributed by atoms with van der Waals surface area (Å²) in [5.74, 6) is 1.93. The van der Waals surface area contributed by atoms with Gasteiger partial charge in [0.05, 0.1) is 22.1 Å². The van der Waals surface area contributed by atoms with Gasteiger partial charge in [-0.25, -0.2) is 15.0 Å². The fraction of sp³-hybridized carbons (Fsp3) is 0.0556. The first kappa shape index (κ1) is 33.5. The number of hydrogen-bond donors (Lipinski definition) is 0. The Bertz CT molecular complexity index is 3290. The Kier molecular flexibility index (Phi) is 7.20. The summed E-state index contributed by atoms with van der Waals surface area (Å²) >= 11 is 0. The first-order valence-corrected chi connectivity index (χ1v) is 20.2. The molecule has 8 aromatic carbocycles. The van der Waals surface area contributed by atoms with Gasteiger partial charge in [-0.3, -0.25) is 0 Å². The van der Waals surface area contributed by atoms with Crippen molar-refractivity contribution in [2.24, 2.45) is 0 Å². The molecule has 1 aliphatic rings. The Morgan fingerprint density at radius 3 is 1.37 bits per heavy atom. The lowest BCUT2D eigenvalue weighted by Crippen LogP contribution is -2.14. The smallest absolute Gasteiger partial charge is 0.164 e. The second kappa shape index (κ2) is 12.7. The van der Waals surface area contributed by atoms with Crippen molar-refractivity contribution in [3.63, 3.8) is 0 Å². The van der Waals surface area contributed by atoms with E-state index in [1.807, 2.05) is 0 Å². The van der Waals surface area contributed by atoms with Gasteiger partial charge in [0, 0.05) is 55.0 Å². The molecule has 0 fully saturated rings. The Morgan fingerprint density at radius 2 is 0.797 bits per heavy atom. The molecule has 0 saturated heterocycles. The fourth-order valence-electron chi connectivity index (χ4n) is 9.63. The molecule has 0 unspecified atom stereocenters. The van der Waals surface area contributed by atoms with Gasteiger partial charge >= 0.3 is 0 Å². The predicted molar refractivity (Wildman–Crippen MR) is 242 cm³/mol. The molecule has 11 aromatic rings. The molecule has 1 aliphatic carbocycles. The minimum atomic E-state index is -0.156. The van der Waals surface area contributed by atoms with Gasteiger partial charge < -0.3 is 9.13 Å². The van der Waals surface area contributed by atoms with Crippen LogP contribution in [0.4, 0.5) is 0 Å². The molecule has 0 amide bonds. The number of para-hydroxylation sites is 4. The maximum atomic E-state index is 5.37. The number of benzene rings is 8. The zero-order valence-electron chi connectivity index (χ0n) is 32.6. The van der Waals surface area contributed by atoms with Gasteiger partial charge in [0.2, 0.25) is 0 Å². The summed E-state index contributed by atoms with van der Waals surface area (Å²) in [7, 11) is 0. The third kappa shape index (κ3) is 5.01. The monoisotopic (exact) mass is 755 g/mol. The van der Waals surface area contributed by atoms with Gasteiger partial charge in [-0.05, 0) is 95.1 Å². The first-order chi connectivity index (χ1) is 29.0. The van der Waals surface area contributed by atoms with Gasteiger partial charge in [0.15, 0.2) is 17.5 Å². The van der Waals surface area contributed by atoms with Crippen LogP contribution in [0.5, 0.6) is 0 Å². The molecule has 0 N–H and O–H groups in total. The molecule has 12 rings (SSSR count). The van der Waals surface area contributed by atoms with Crippen LogP contribution in [0.3, 0.4) is 0 Å². The van der Waals surface area contributed by atoms with E-state index in [4.69, 9.17) is 15.0 Å². The van der Waals surface area contributed by atoms with Crippen LogP contribution in [0.2, 0.25) is 0 Å². The summed E-state index contributed by atoms with van der Waals surface area (Å²) in [4.78, 5) is 16.1. The molecule has 278 valence electrons. The highest BCUT2D eigenvalue weighted by Gasteiger charge is 2.37. The largest absolute Gasteiger partial charge is 0.309 e. The van der Waals surface area contributed by atoms with E-state index in [9.17, 15) is 0 Å². The molecule has 0 radical (unpaired) electrons. The van der Waals surface area contributed by atoms with Crippen LogP contribution in [0, 0.1) is 0 Å². The fourth-order valence-corrected chi connectivity index (χ4v) is 9.63. The molecular weight excluding hydrogens is 719 g/mol. The predicted octanol–water partition coefficient (Wildman–Crippen LogP) is 13.4. The van der Waals surface area contributed by atoms with Crippen LogP contribution in [-0.4, -0.2) is 24.1 Å². The van der Waals surface area contributed by atoms with E-state index < -0.39 is 0 Å². The average molecular weight is 756 g/mol. The zero-order chi connectivity index (χ0) is 39.2. The van der Waals surface area contributed by atoms with Crippen molar-refractivity contribution >= 4 is 43.6 Å². The Labute approximate surface area is 341 Å². The third-order valence-electron chi connectivity index (χ3n) is 12.4. The maximum absolute atomic E-state index is 5.37. The minimum absolute atomic E-state index is 0.156. The third-order valence-corrected chi connectivity index (χ3v) is 12.4. The first-order valence-electron chi connectivity index (χ1n) is 20.2. The van der Waals surface area contributed by atoms with Crippen LogP contribution < -0.4 is 0 Å². The normalized spacial score (nSPS) is 13.1.